The van der Waals surface area contributed by atoms with Gasteiger partial charge in [-0.25, -0.2) is 4.79 Å². The molecule has 1 rings (SSSR count). The van der Waals surface area contributed by atoms with E-state index in [0.717, 1.165) is 0 Å². The first kappa shape index (κ1) is 10.8. The molecule has 80 valence electrons. The number of hydrogen-bond acceptors (Lipinski definition) is 6. The molecule has 0 saturated heterocycles. The second-order valence-electron chi connectivity index (χ2n) is 2.72. The predicted molar refractivity (Wildman–Crippen MR) is 44.3 cm³/mol. The number of cyclic esters (lactones) is 1. The lowest BCUT2D eigenvalue weighted by Crippen LogP contribution is -2.32. The average molecular weight is 204 g/mol. The molecule has 0 aromatic rings. The van der Waals surface area contributed by atoms with Gasteiger partial charge in [-0.3, -0.25) is 0 Å². The van der Waals surface area contributed by atoms with E-state index in [9.17, 15) is 15.0 Å². The Kier molecular flexibility index (Phi) is 3.32. The molecule has 0 fully saturated rings. The lowest BCUT2D eigenvalue weighted by atomic mass is 10.2. The maximum atomic E-state index is 10.9. The van der Waals surface area contributed by atoms with E-state index in [1.54, 1.807) is 6.92 Å². The maximum Gasteiger partial charge on any atom is 0.378 e. The van der Waals surface area contributed by atoms with E-state index in [0.29, 0.717) is 0 Å². The summed E-state index contributed by atoms with van der Waals surface area (Å²) in [4.78, 5) is 10.9. The first-order valence-corrected chi connectivity index (χ1v) is 4.17. The van der Waals surface area contributed by atoms with Gasteiger partial charge >= 0.3 is 5.97 Å². The summed E-state index contributed by atoms with van der Waals surface area (Å²) >= 11 is 0. The van der Waals surface area contributed by atoms with Crippen LogP contribution in [0.5, 0.6) is 0 Å². The molecule has 2 atom stereocenters. The Morgan fingerprint density at radius 1 is 1.64 bits per heavy atom. The molecule has 0 radical (unpaired) electrons. The van der Waals surface area contributed by atoms with Gasteiger partial charge in [0.05, 0.1) is 13.2 Å². The van der Waals surface area contributed by atoms with Crippen molar-refractivity contribution in [2.24, 2.45) is 0 Å². The van der Waals surface area contributed by atoms with Gasteiger partial charge in [-0.1, -0.05) is 0 Å². The number of esters is 1. The fraction of sp³-hybridized carbons (Fsp3) is 0.625. The van der Waals surface area contributed by atoms with E-state index in [4.69, 9.17) is 9.84 Å². The second kappa shape index (κ2) is 4.30. The van der Waals surface area contributed by atoms with E-state index in [2.05, 4.69) is 4.74 Å². The summed E-state index contributed by atoms with van der Waals surface area (Å²) < 4.78 is 9.53. The Morgan fingerprint density at radius 2 is 2.29 bits per heavy atom. The van der Waals surface area contributed by atoms with E-state index in [-0.39, 0.29) is 12.4 Å². The Balaban J connectivity index is 2.84. The number of hydrogen-bond donors (Lipinski definition) is 3. The molecule has 6 nitrogen and oxygen atoms in total. The highest BCUT2D eigenvalue weighted by Crippen LogP contribution is 2.24. The zero-order valence-electron chi connectivity index (χ0n) is 7.64. The SMILES string of the molecule is CCOC1=C(O)C(=O)O[C@@H]1[C@H](O)CO. The third-order valence-electron chi connectivity index (χ3n) is 1.76. The van der Waals surface area contributed by atoms with Crippen LogP contribution in [0.1, 0.15) is 6.92 Å². The number of aliphatic hydroxyl groups excluding tert-OH is 3. The molecule has 1 aliphatic heterocycles. The molecule has 1 heterocycles. The van der Waals surface area contributed by atoms with Gasteiger partial charge in [-0.2, -0.15) is 0 Å². The first-order chi connectivity index (χ1) is 6.61. The van der Waals surface area contributed by atoms with E-state index < -0.39 is 30.5 Å². The van der Waals surface area contributed by atoms with Crippen LogP contribution in [-0.2, 0) is 14.3 Å². The van der Waals surface area contributed by atoms with Crippen LogP contribution in [0, 0.1) is 0 Å². The number of carbonyl (C=O) groups is 1. The molecular weight excluding hydrogens is 192 g/mol. The summed E-state index contributed by atoms with van der Waals surface area (Å²) in [7, 11) is 0. The van der Waals surface area contributed by atoms with Gasteiger partial charge in [0.15, 0.2) is 11.9 Å². The van der Waals surface area contributed by atoms with Crippen molar-refractivity contribution in [1.82, 2.24) is 0 Å². The topological polar surface area (TPSA) is 96.2 Å². The van der Waals surface area contributed by atoms with Gasteiger partial charge in [0.1, 0.15) is 6.10 Å². The van der Waals surface area contributed by atoms with Crippen molar-refractivity contribution in [2.75, 3.05) is 13.2 Å². The molecule has 14 heavy (non-hydrogen) atoms. The van der Waals surface area contributed by atoms with Crippen LogP contribution >= 0.6 is 0 Å². The van der Waals surface area contributed by atoms with Crippen molar-refractivity contribution in [3.8, 4) is 0 Å². The molecular formula is C8H12O6. The summed E-state index contributed by atoms with van der Waals surface area (Å²) in [5.41, 5.74) is 0. The molecule has 0 bridgehead atoms. The minimum absolute atomic E-state index is 0.126. The largest absolute Gasteiger partial charge is 0.499 e. The Morgan fingerprint density at radius 3 is 2.79 bits per heavy atom. The molecule has 1 aliphatic rings. The van der Waals surface area contributed by atoms with Crippen LogP contribution in [0.25, 0.3) is 0 Å². The van der Waals surface area contributed by atoms with Crippen LogP contribution in [-0.4, -0.2) is 46.7 Å². The van der Waals surface area contributed by atoms with Crippen molar-refractivity contribution < 1.29 is 29.6 Å². The lowest BCUT2D eigenvalue weighted by molar-refractivity contribution is -0.148. The zero-order valence-corrected chi connectivity index (χ0v) is 7.64. The lowest BCUT2D eigenvalue weighted by Gasteiger charge is -2.17. The number of rotatable bonds is 4. The number of aliphatic hydroxyl groups is 3. The van der Waals surface area contributed by atoms with Crippen molar-refractivity contribution >= 4 is 5.97 Å². The molecule has 0 amide bonds. The van der Waals surface area contributed by atoms with Gasteiger partial charge in [0.2, 0.25) is 5.76 Å². The molecule has 0 saturated carbocycles. The molecule has 3 N–H and O–H groups in total. The van der Waals surface area contributed by atoms with Crippen LogP contribution in [0.15, 0.2) is 11.5 Å². The van der Waals surface area contributed by atoms with Crippen LogP contribution < -0.4 is 0 Å². The van der Waals surface area contributed by atoms with Gasteiger partial charge in [0, 0.05) is 0 Å². The molecule has 0 aliphatic carbocycles. The van der Waals surface area contributed by atoms with Crippen molar-refractivity contribution in [2.45, 2.75) is 19.1 Å². The second-order valence-corrected chi connectivity index (χ2v) is 2.72. The Labute approximate surface area is 80.4 Å². The van der Waals surface area contributed by atoms with Gasteiger partial charge in [0.25, 0.3) is 0 Å². The van der Waals surface area contributed by atoms with Gasteiger partial charge in [-0.15, -0.1) is 0 Å². The average Bonchev–Trinajstić information content (AvgIpc) is 2.45. The van der Waals surface area contributed by atoms with E-state index in [1.165, 1.54) is 0 Å². The monoisotopic (exact) mass is 204 g/mol. The van der Waals surface area contributed by atoms with E-state index >= 15 is 0 Å². The van der Waals surface area contributed by atoms with Crippen LogP contribution in [0.4, 0.5) is 0 Å². The third-order valence-corrected chi connectivity index (χ3v) is 1.76. The fourth-order valence-corrected chi connectivity index (χ4v) is 1.12. The van der Waals surface area contributed by atoms with Crippen molar-refractivity contribution in [1.29, 1.82) is 0 Å². The van der Waals surface area contributed by atoms with E-state index in [1.807, 2.05) is 0 Å². The van der Waals surface area contributed by atoms with Crippen LogP contribution in [0.3, 0.4) is 0 Å². The standard InChI is InChI=1S/C8H12O6/c1-2-13-7-5(11)8(12)14-6(7)4(10)3-9/h4,6,9-11H,2-3H2,1H3/t4-,6-/m1/s1. The maximum absolute atomic E-state index is 10.9. The van der Waals surface area contributed by atoms with Crippen molar-refractivity contribution in [3.05, 3.63) is 11.5 Å². The molecule has 0 spiro atoms. The minimum Gasteiger partial charge on any atom is -0.499 e. The Hall–Kier alpha value is -1.27. The van der Waals surface area contributed by atoms with Crippen LogP contribution in [0.2, 0.25) is 0 Å². The number of ether oxygens (including phenoxy) is 2. The first-order valence-electron chi connectivity index (χ1n) is 4.17. The summed E-state index contributed by atoms with van der Waals surface area (Å²) in [6.45, 7) is 1.30. The molecule has 6 heteroatoms. The number of carbonyl (C=O) groups excluding carboxylic acids is 1. The summed E-state index contributed by atoms with van der Waals surface area (Å²) in [6, 6.07) is 0. The quantitative estimate of drug-likeness (QED) is 0.512. The predicted octanol–water partition coefficient (Wildman–Crippen LogP) is -0.929. The van der Waals surface area contributed by atoms with Crippen molar-refractivity contribution in [3.63, 3.8) is 0 Å². The minimum atomic E-state index is -1.29. The fourth-order valence-electron chi connectivity index (χ4n) is 1.12. The summed E-state index contributed by atoms with van der Waals surface area (Å²) in [6.07, 6.45) is -2.41. The summed E-state index contributed by atoms with van der Waals surface area (Å²) in [5.74, 6) is -1.73. The van der Waals surface area contributed by atoms with Gasteiger partial charge < -0.3 is 24.8 Å². The summed E-state index contributed by atoms with van der Waals surface area (Å²) in [5, 5.41) is 27.1. The highest BCUT2D eigenvalue weighted by atomic mass is 16.6. The Bertz CT molecular complexity index is 259. The third kappa shape index (κ3) is 1.80. The smallest absolute Gasteiger partial charge is 0.378 e. The normalized spacial score (nSPS) is 23.6. The molecule has 0 aromatic heterocycles. The molecule has 0 aromatic carbocycles. The zero-order chi connectivity index (χ0) is 10.7. The highest BCUT2D eigenvalue weighted by Gasteiger charge is 2.40. The molecule has 0 unspecified atom stereocenters. The van der Waals surface area contributed by atoms with Gasteiger partial charge in [-0.05, 0) is 6.92 Å². The highest BCUT2D eigenvalue weighted by molar-refractivity contribution is 5.89.